The molecule has 0 unspecified atom stereocenters. The van der Waals surface area contributed by atoms with Crippen molar-refractivity contribution >= 4 is 22.5 Å². The molecule has 0 saturated carbocycles. The average Bonchev–Trinajstić information content (AvgIpc) is 2.35. The second kappa shape index (κ2) is 4.61. The first-order valence-corrected chi connectivity index (χ1v) is 5.11. The van der Waals surface area contributed by atoms with Crippen LogP contribution >= 0.6 is 0 Å². The quantitative estimate of drug-likeness (QED) is 0.646. The maximum absolute atomic E-state index is 11.8. The van der Waals surface area contributed by atoms with Crippen LogP contribution in [0.3, 0.4) is 0 Å². The fourth-order valence-corrected chi connectivity index (χ4v) is 1.68. The molecule has 2 aromatic rings. The van der Waals surface area contributed by atoms with Gasteiger partial charge < -0.3 is 5.11 Å². The van der Waals surface area contributed by atoms with Gasteiger partial charge >= 0.3 is 5.97 Å². The van der Waals surface area contributed by atoms with Crippen LogP contribution < -0.4 is 0 Å². The van der Waals surface area contributed by atoms with Gasteiger partial charge in [0, 0.05) is 11.6 Å². The molecule has 0 bridgehead atoms. The summed E-state index contributed by atoms with van der Waals surface area (Å²) >= 11 is 0. The first-order valence-electron chi connectivity index (χ1n) is 5.11. The van der Waals surface area contributed by atoms with Crippen LogP contribution in [0.15, 0.2) is 54.6 Å². The molecule has 0 fully saturated rings. The van der Waals surface area contributed by atoms with Gasteiger partial charge in [-0.15, -0.1) is 0 Å². The Hall–Kier alpha value is -2.42. The van der Waals surface area contributed by atoms with E-state index in [9.17, 15) is 9.59 Å². The van der Waals surface area contributed by atoms with Gasteiger partial charge in [0.15, 0.2) is 5.78 Å². The molecule has 0 aliphatic heterocycles. The summed E-state index contributed by atoms with van der Waals surface area (Å²) in [7, 11) is 0. The molecule has 17 heavy (non-hydrogen) atoms. The predicted molar refractivity (Wildman–Crippen MR) is 65.1 cm³/mol. The van der Waals surface area contributed by atoms with E-state index in [-0.39, 0.29) is 5.78 Å². The van der Waals surface area contributed by atoms with Crippen molar-refractivity contribution in [2.45, 2.75) is 0 Å². The lowest BCUT2D eigenvalue weighted by Crippen LogP contribution is -1.97. The van der Waals surface area contributed by atoms with Crippen molar-refractivity contribution in [3.63, 3.8) is 0 Å². The van der Waals surface area contributed by atoms with Crippen LogP contribution in [-0.4, -0.2) is 16.9 Å². The Bertz CT molecular complexity index is 606. The fraction of sp³-hybridized carbons (Fsp3) is 0. The van der Waals surface area contributed by atoms with E-state index < -0.39 is 5.97 Å². The Labute approximate surface area is 98.0 Å². The molecule has 0 aromatic heterocycles. The SMILES string of the molecule is O=C(O)/C=C/C(=O)c1cccc2ccccc12. The molecular weight excluding hydrogens is 216 g/mol. The van der Waals surface area contributed by atoms with Gasteiger partial charge in [0.25, 0.3) is 0 Å². The second-order valence-corrected chi connectivity index (χ2v) is 3.56. The third-order valence-electron chi connectivity index (χ3n) is 2.43. The van der Waals surface area contributed by atoms with Gasteiger partial charge in [0.1, 0.15) is 0 Å². The standard InChI is InChI=1S/C14H10O3/c15-13(8-9-14(16)17)12-7-3-5-10-4-1-2-6-11(10)12/h1-9H,(H,16,17)/b9-8+. The largest absolute Gasteiger partial charge is 0.478 e. The lowest BCUT2D eigenvalue weighted by atomic mass is 10.0. The van der Waals surface area contributed by atoms with Gasteiger partial charge in [-0.25, -0.2) is 4.79 Å². The molecule has 0 heterocycles. The molecule has 0 aliphatic carbocycles. The molecule has 0 aliphatic rings. The van der Waals surface area contributed by atoms with Gasteiger partial charge in [0.05, 0.1) is 0 Å². The van der Waals surface area contributed by atoms with Crippen molar-refractivity contribution < 1.29 is 14.7 Å². The number of hydrogen-bond donors (Lipinski definition) is 1. The number of benzene rings is 2. The molecule has 0 spiro atoms. The Morgan fingerprint density at radius 2 is 1.65 bits per heavy atom. The number of carboxylic acids is 1. The van der Waals surface area contributed by atoms with E-state index in [0.717, 1.165) is 22.9 Å². The number of rotatable bonds is 3. The minimum absolute atomic E-state index is 0.302. The molecule has 2 rings (SSSR count). The maximum atomic E-state index is 11.8. The molecule has 0 saturated heterocycles. The van der Waals surface area contributed by atoms with Crippen LogP contribution in [0.25, 0.3) is 10.8 Å². The highest BCUT2D eigenvalue weighted by Gasteiger charge is 2.06. The summed E-state index contributed by atoms with van der Waals surface area (Å²) in [4.78, 5) is 22.2. The Balaban J connectivity index is 2.49. The van der Waals surface area contributed by atoms with Crippen molar-refractivity contribution in [1.29, 1.82) is 0 Å². The first-order chi connectivity index (χ1) is 8.18. The van der Waals surface area contributed by atoms with Crippen molar-refractivity contribution in [1.82, 2.24) is 0 Å². The van der Waals surface area contributed by atoms with Crippen molar-refractivity contribution in [2.75, 3.05) is 0 Å². The number of hydrogen-bond acceptors (Lipinski definition) is 2. The van der Waals surface area contributed by atoms with E-state index in [1.807, 2.05) is 30.3 Å². The molecule has 3 nitrogen and oxygen atoms in total. The molecule has 0 radical (unpaired) electrons. The molecule has 2 aromatic carbocycles. The minimum atomic E-state index is -1.13. The molecule has 0 amide bonds. The van der Waals surface area contributed by atoms with E-state index in [1.165, 1.54) is 0 Å². The average molecular weight is 226 g/mol. The summed E-state index contributed by atoms with van der Waals surface area (Å²) in [6, 6.07) is 12.9. The van der Waals surface area contributed by atoms with Crippen LogP contribution in [0.1, 0.15) is 10.4 Å². The number of fused-ring (bicyclic) bond motifs is 1. The van der Waals surface area contributed by atoms with Crippen molar-refractivity contribution in [3.8, 4) is 0 Å². The third kappa shape index (κ3) is 2.39. The summed E-state index contributed by atoms with van der Waals surface area (Å²) in [5, 5.41) is 10.3. The van der Waals surface area contributed by atoms with Crippen molar-refractivity contribution in [3.05, 3.63) is 60.2 Å². The summed E-state index contributed by atoms with van der Waals surface area (Å²) in [5.74, 6) is -1.43. The van der Waals surface area contributed by atoms with Crippen LogP contribution in [0.4, 0.5) is 0 Å². The minimum Gasteiger partial charge on any atom is -0.478 e. The zero-order valence-corrected chi connectivity index (χ0v) is 8.96. The monoisotopic (exact) mass is 226 g/mol. The Kier molecular flexibility index (Phi) is 3.01. The number of ketones is 1. The van der Waals surface area contributed by atoms with E-state index in [1.54, 1.807) is 12.1 Å². The van der Waals surface area contributed by atoms with E-state index in [0.29, 0.717) is 5.56 Å². The molecule has 3 heteroatoms. The van der Waals surface area contributed by atoms with Crippen molar-refractivity contribution in [2.24, 2.45) is 0 Å². The molecule has 84 valence electrons. The number of aliphatic carboxylic acids is 1. The predicted octanol–water partition coefficient (Wildman–Crippen LogP) is 2.66. The summed E-state index contributed by atoms with van der Waals surface area (Å²) in [6.45, 7) is 0. The fourth-order valence-electron chi connectivity index (χ4n) is 1.68. The molecule has 1 N–H and O–H groups in total. The highest BCUT2D eigenvalue weighted by Crippen LogP contribution is 2.19. The topological polar surface area (TPSA) is 54.4 Å². The van der Waals surface area contributed by atoms with Crippen LogP contribution in [0, 0.1) is 0 Å². The third-order valence-corrected chi connectivity index (χ3v) is 2.43. The number of allylic oxidation sites excluding steroid dienone is 1. The molecule has 0 atom stereocenters. The van der Waals surface area contributed by atoms with Gasteiger partial charge in [-0.2, -0.15) is 0 Å². The van der Waals surface area contributed by atoms with Gasteiger partial charge in [-0.05, 0) is 16.8 Å². The van der Waals surface area contributed by atoms with Crippen LogP contribution in [0.5, 0.6) is 0 Å². The Morgan fingerprint density at radius 1 is 0.941 bits per heavy atom. The zero-order valence-electron chi connectivity index (χ0n) is 8.96. The lowest BCUT2D eigenvalue weighted by Gasteiger charge is -2.02. The number of carbonyl (C=O) groups excluding carboxylic acids is 1. The van der Waals surface area contributed by atoms with Gasteiger partial charge in [0.2, 0.25) is 0 Å². The molecular formula is C14H10O3. The number of carboxylic acid groups (broad SMARTS) is 1. The summed E-state index contributed by atoms with van der Waals surface area (Å²) in [5.41, 5.74) is 0.514. The Morgan fingerprint density at radius 3 is 2.41 bits per heavy atom. The zero-order chi connectivity index (χ0) is 12.3. The first kappa shape index (κ1) is 11.1. The number of carbonyl (C=O) groups is 2. The normalized spacial score (nSPS) is 10.8. The summed E-state index contributed by atoms with van der Waals surface area (Å²) in [6.07, 6.45) is 1.92. The van der Waals surface area contributed by atoms with Gasteiger partial charge in [-0.1, -0.05) is 42.5 Å². The highest BCUT2D eigenvalue weighted by molar-refractivity contribution is 6.14. The van der Waals surface area contributed by atoms with E-state index in [4.69, 9.17) is 5.11 Å². The highest BCUT2D eigenvalue weighted by atomic mass is 16.4. The van der Waals surface area contributed by atoms with Crippen LogP contribution in [0.2, 0.25) is 0 Å². The lowest BCUT2D eigenvalue weighted by molar-refractivity contribution is -0.131. The van der Waals surface area contributed by atoms with E-state index in [2.05, 4.69) is 0 Å². The van der Waals surface area contributed by atoms with Crippen LogP contribution in [-0.2, 0) is 4.79 Å². The van der Waals surface area contributed by atoms with E-state index >= 15 is 0 Å². The smallest absolute Gasteiger partial charge is 0.328 e. The maximum Gasteiger partial charge on any atom is 0.328 e. The summed E-state index contributed by atoms with van der Waals surface area (Å²) < 4.78 is 0. The second-order valence-electron chi connectivity index (χ2n) is 3.56. The van der Waals surface area contributed by atoms with Gasteiger partial charge in [-0.3, -0.25) is 4.79 Å².